The van der Waals surface area contributed by atoms with Crippen LogP contribution in [0.1, 0.15) is 66.2 Å². The molecule has 4 aromatic rings. The highest BCUT2D eigenvalue weighted by atomic mass is 19.3. The average molecular weight is 493 g/mol. The number of halogens is 3. The van der Waals surface area contributed by atoms with Crippen molar-refractivity contribution in [2.75, 3.05) is 6.61 Å². The molecule has 1 fully saturated rings. The highest BCUT2D eigenvalue weighted by Gasteiger charge is 2.27. The monoisotopic (exact) mass is 492 g/mol. The van der Waals surface area contributed by atoms with Crippen molar-refractivity contribution in [1.82, 2.24) is 29.7 Å². The lowest BCUT2D eigenvalue weighted by Crippen LogP contribution is -2.12. The average Bonchev–Trinajstić information content (AvgIpc) is 3.60. The molecule has 36 heavy (non-hydrogen) atoms. The normalized spacial score (nSPS) is 18.2. The number of rotatable bonds is 5. The van der Waals surface area contributed by atoms with Gasteiger partial charge in [-0.15, -0.1) is 0 Å². The summed E-state index contributed by atoms with van der Waals surface area (Å²) in [5, 5.41) is 4.46. The maximum atomic E-state index is 15.0. The molecule has 0 spiro atoms. The van der Waals surface area contributed by atoms with Crippen molar-refractivity contribution < 1.29 is 17.9 Å². The zero-order valence-corrected chi connectivity index (χ0v) is 19.8. The Balaban J connectivity index is 1.47. The molecular weight excluding hydrogens is 469 g/mol. The van der Waals surface area contributed by atoms with E-state index in [4.69, 9.17) is 4.74 Å². The molecule has 0 bridgehead atoms. The van der Waals surface area contributed by atoms with Crippen LogP contribution in [0.25, 0.3) is 28.0 Å². The van der Waals surface area contributed by atoms with Crippen LogP contribution in [0.15, 0.2) is 36.7 Å². The number of alkyl halides is 2. The molecule has 0 amide bonds. The summed E-state index contributed by atoms with van der Waals surface area (Å²) < 4.78 is 49.2. The Morgan fingerprint density at radius 2 is 1.86 bits per heavy atom. The van der Waals surface area contributed by atoms with Gasteiger partial charge in [-0.3, -0.25) is 4.68 Å². The Bertz CT molecular complexity index is 1510. The van der Waals surface area contributed by atoms with E-state index in [1.807, 2.05) is 30.1 Å². The van der Waals surface area contributed by atoms with Crippen molar-refractivity contribution in [3.63, 3.8) is 0 Å². The van der Waals surface area contributed by atoms with Crippen LogP contribution in [0.2, 0.25) is 0 Å². The maximum Gasteiger partial charge on any atom is 0.263 e. The largest absolute Gasteiger partial charge is 0.369 e. The molecule has 1 saturated carbocycles. The second-order valence-electron chi connectivity index (χ2n) is 9.22. The van der Waals surface area contributed by atoms with Crippen LogP contribution in [0, 0.1) is 19.7 Å². The molecule has 2 aliphatic rings. The quantitative estimate of drug-likeness (QED) is 0.347. The van der Waals surface area contributed by atoms with Gasteiger partial charge in [-0.2, -0.15) is 5.10 Å². The number of hydrogen-bond acceptors (Lipinski definition) is 6. The van der Waals surface area contributed by atoms with Gasteiger partial charge in [0.25, 0.3) is 6.43 Å². The number of ether oxygens (including phenoxy) is 1. The fraction of sp³-hybridized carbons (Fsp3) is 0.346. The van der Waals surface area contributed by atoms with Crippen LogP contribution >= 0.6 is 0 Å². The summed E-state index contributed by atoms with van der Waals surface area (Å²) in [5.41, 5.74) is 3.66. The first kappa shape index (κ1) is 22.8. The summed E-state index contributed by atoms with van der Waals surface area (Å²) in [4.78, 5) is 18.5. The summed E-state index contributed by atoms with van der Waals surface area (Å²) >= 11 is 0. The van der Waals surface area contributed by atoms with Gasteiger partial charge in [-0.25, -0.2) is 33.1 Å². The van der Waals surface area contributed by atoms with Crippen LogP contribution in [0.4, 0.5) is 13.2 Å². The molecule has 4 heterocycles. The third kappa shape index (κ3) is 4.15. The van der Waals surface area contributed by atoms with Gasteiger partial charge >= 0.3 is 0 Å². The summed E-state index contributed by atoms with van der Waals surface area (Å²) in [6.07, 6.45) is 5.52. The highest BCUT2D eigenvalue weighted by molar-refractivity contribution is 5.88. The Labute approximate surface area is 205 Å². The van der Waals surface area contributed by atoms with Gasteiger partial charge in [0.1, 0.15) is 23.1 Å². The number of hydrogen-bond donors (Lipinski definition) is 0. The number of nitrogens with zero attached hydrogens (tertiary/aromatic N) is 6. The van der Waals surface area contributed by atoms with Gasteiger partial charge in [0.05, 0.1) is 30.2 Å². The van der Waals surface area contributed by atoms with Gasteiger partial charge in [-0.05, 0) is 56.9 Å². The lowest BCUT2D eigenvalue weighted by molar-refractivity contribution is 0.0825. The maximum absolute atomic E-state index is 15.0. The van der Waals surface area contributed by atoms with Crippen molar-refractivity contribution in [2.24, 2.45) is 0 Å². The summed E-state index contributed by atoms with van der Waals surface area (Å²) in [6, 6.07) is 3.82. The van der Waals surface area contributed by atoms with Crippen LogP contribution in [0.5, 0.6) is 0 Å². The van der Waals surface area contributed by atoms with Gasteiger partial charge in [0.2, 0.25) is 0 Å². The minimum Gasteiger partial charge on any atom is -0.369 e. The molecule has 0 saturated heterocycles. The summed E-state index contributed by atoms with van der Waals surface area (Å²) in [5.74, 6) is -0.416. The molecule has 1 aliphatic heterocycles. The van der Waals surface area contributed by atoms with Crippen molar-refractivity contribution in [3.8, 4) is 11.3 Å². The van der Waals surface area contributed by atoms with E-state index < -0.39 is 17.8 Å². The molecule has 0 N–H and O–H groups in total. The zero-order chi connectivity index (χ0) is 25.0. The van der Waals surface area contributed by atoms with Crippen LogP contribution in [-0.2, 0) is 4.74 Å². The lowest BCUT2D eigenvalue weighted by atomic mass is 10.0. The van der Waals surface area contributed by atoms with E-state index in [2.05, 4.69) is 25.0 Å². The van der Waals surface area contributed by atoms with Gasteiger partial charge in [-0.1, -0.05) is 6.07 Å². The predicted molar refractivity (Wildman–Crippen MR) is 127 cm³/mol. The predicted octanol–water partition coefficient (Wildman–Crippen LogP) is 5.86. The van der Waals surface area contributed by atoms with Crippen LogP contribution in [0.3, 0.4) is 0 Å². The van der Waals surface area contributed by atoms with E-state index in [0.717, 1.165) is 30.0 Å². The van der Waals surface area contributed by atoms with E-state index >= 15 is 4.39 Å². The van der Waals surface area contributed by atoms with Crippen LogP contribution in [-0.4, -0.2) is 36.3 Å². The topological polar surface area (TPSA) is 78.6 Å². The first-order valence-corrected chi connectivity index (χ1v) is 11.8. The van der Waals surface area contributed by atoms with Gasteiger partial charge in [0, 0.05) is 22.9 Å². The van der Waals surface area contributed by atoms with E-state index in [1.165, 1.54) is 12.1 Å². The van der Waals surface area contributed by atoms with Crippen molar-refractivity contribution in [2.45, 2.75) is 51.7 Å². The number of benzene rings is 1. The molecule has 1 aliphatic carbocycles. The van der Waals surface area contributed by atoms with E-state index in [0.29, 0.717) is 47.4 Å². The van der Waals surface area contributed by atoms with E-state index in [1.54, 1.807) is 6.92 Å². The lowest BCUT2D eigenvalue weighted by Gasteiger charge is -2.21. The minimum atomic E-state index is -2.77. The standard InChI is InChI=1S/C26H23F3N6O/c1-13-14(2)32-26-23(31-13)22(19-6-3-15(24(28)29)9-20(19)27)33-25(34-26)16-7-8-36-21(10-16)17-11-30-35(12-17)18-4-5-18/h3,6,9-12,18,21,24H,4-5,7-8H2,1-2H3/t21-/m1/s1. The van der Waals surface area contributed by atoms with Crippen molar-refractivity contribution >= 4 is 16.7 Å². The first-order chi connectivity index (χ1) is 17.4. The Morgan fingerprint density at radius 3 is 2.61 bits per heavy atom. The van der Waals surface area contributed by atoms with Crippen molar-refractivity contribution in [1.29, 1.82) is 0 Å². The molecule has 3 aromatic heterocycles. The Kier molecular flexibility index (Phi) is 5.55. The first-order valence-electron chi connectivity index (χ1n) is 11.8. The SMILES string of the molecule is Cc1nc2nc(C3=C[C@H](c4cnn(C5CC5)c4)OCC3)nc(-c3ccc(C(F)F)cc3F)c2nc1C. The molecule has 0 unspecified atom stereocenters. The molecule has 1 aromatic carbocycles. The Morgan fingerprint density at radius 1 is 1.06 bits per heavy atom. The fourth-order valence-corrected chi connectivity index (χ4v) is 4.33. The fourth-order valence-electron chi connectivity index (χ4n) is 4.33. The third-order valence-corrected chi connectivity index (χ3v) is 6.62. The van der Waals surface area contributed by atoms with E-state index in [-0.39, 0.29) is 17.4 Å². The molecule has 184 valence electrons. The Hall–Kier alpha value is -3.66. The second-order valence-corrected chi connectivity index (χ2v) is 9.22. The molecule has 7 nitrogen and oxygen atoms in total. The smallest absolute Gasteiger partial charge is 0.263 e. The summed E-state index contributed by atoms with van der Waals surface area (Å²) in [7, 11) is 0. The zero-order valence-electron chi connectivity index (χ0n) is 19.8. The highest BCUT2D eigenvalue weighted by Crippen LogP contribution is 2.37. The number of fused-ring (bicyclic) bond motifs is 1. The van der Waals surface area contributed by atoms with Gasteiger partial charge in [0.15, 0.2) is 11.5 Å². The molecule has 0 radical (unpaired) electrons. The molecule has 6 rings (SSSR count). The van der Waals surface area contributed by atoms with Crippen LogP contribution < -0.4 is 0 Å². The molecular formula is C26H23F3N6O. The number of aryl methyl sites for hydroxylation is 2. The van der Waals surface area contributed by atoms with E-state index in [9.17, 15) is 8.78 Å². The number of aromatic nitrogens is 6. The molecule has 10 heteroatoms. The summed E-state index contributed by atoms with van der Waals surface area (Å²) in [6.45, 7) is 4.07. The second kappa shape index (κ2) is 8.77. The van der Waals surface area contributed by atoms with Crippen molar-refractivity contribution in [3.05, 3.63) is 70.8 Å². The third-order valence-electron chi connectivity index (χ3n) is 6.62. The minimum absolute atomic E-state index is 0.0699. The van der Waals surface area contributed by atoms with Gasteiger partial charge < -0.3 is 4.74 Å². The molecule has 1 atom stereocenters.